The predicted octanol–water partition coefficient (Wildman–Crippen LogP) is 0.0975. The molecule has 0 fully saturated rings. The van der Waals surface area contributed by atoms with Crippen LogP contribution >= 0.6 is 0 Å². The van der Waals surface area contributed by atoms with Crippen LogP contribution in [0, 0.1) is 11.3 Å². The van der Waals surface area contributed by atoms with Crippen molar-refractivity contribution in [3.8, 4) is 6.07 Å². The lowest BCUT2D eigenvalue weighted by atomic mass is 10.1. The minimum Gasteiger partial charge on any atom is -0.365 e. The van der Waals surface area contributed by atoms with E-state index in [4.69, 9.17) is 0 Å². The van der Waals surface area contributed by atoms with Crippen molar-refractivity contribution in [2.75, 3.05) is 5.32 Å². The Bertz CT molecular complexity index is 974. The second kappa shape index (κ2) is 6.20. The molecular weight excluding hydrogens is 322 g/mol. The van der Waals surface area contributed by atoms with Crippen LogP contribution in [0.3, 0.4) is 0 Å². The molecule has 0 unspecified atom stereocenters. The molecule has 0 amide bonds. The Kier molecular flexibility index (Phi) is 4.20. The maximum Gasteiger partial charge on any atom is 0.332 e. The quantitative estimate of drug-likeness (QED) is 0.846. The van der Waals surface area contributed by atoms with Gasteiger partial charge in [-0.25, -0.2) is 14.5 Å². The Morgan fingerprint density at radius 2 is 2.00 bits per heavy atom. The van der Waals surface area contributed by atoms with Crippen molar-refractivity contribution >= 4 is 5.82 Å². The smallest absolute Gasteiger partial charge is 0.332 e. The van der Waals surface area contributed by atoms with Crippen LogP contribution in [0.25, 0.3) is 0 Å². The molecule has 1 aliphatic heterocycles. The van der Waals surface area contributed by atoms with E-state index in [1.807, 2.05) is 24.6 Å². The van der Waals surface area contributed by atoms with Crippen LogP contribution in [0.4, 0.5) is 5.82 Å². The molecule has 0 aliphatic carbocycles. The fourth-order valence-electron chi connectivity index (χ4n) is 3.00. The highest BCUT2D eigenvalue weighted by atomic mass is 16.2. The van der Waals surface area contributed by atoms with Crippen molar-refractivity contribution in [2.24, 2.45) is 14.1 Å². The molecule has 0 saturated carbocycles. The summed E-state index contributed by atoms with van der Waals surface area (Å²) in [7, 11) is 2.91. The summed E-state index contributed by atoms with van der Waals surface area (Å²) in [6, 6.07) is 1.87. The number of hydrogen-bond donors (Lipinski definition) is 1. The zero-order chi connectivity index (χ0) is 18.3. The number of aryl methyl sites for hydroxylation is 1. The van der Waals surface area contributed by atoms with Gasteiger partial charge >= 0.3 is 5.69 Å². The zero-order valence-electron chi connectivity index (χ0n) is 14.8. The van der Waals surface area contributed by atoms with Gasteiger partial charge in [0.15, 0.2) is 11.4 Å². The molecular formula is C16H21N7O2. The summed E-state index contributed by atoms with van der Waals surface area (Å²) in [6.45, 7) is 4.67. The number of aromatic nitrogens is 5. The van der Waals surface area contributed by atoms with Crippen LogP contribution < -0.4 is 16.6 Å². The van der Waals surface area contributed by atoms with E-state index in [1.54, 1.807) is 7.05 Å². The second-order valence-corrected chi connectivity index (χ2v) is 6.64. The Hall–Kier alpha value is -2.89. The minimum absolute atomic E-state index is 0.0426. The van der Waals surface area contributed by atoms with Crippen LogP contribution in [0.2, 0.25) is 0 Å². The van der Waals surface area contributed by atoms with Gasteiger partial charge in [-0.2, -0.15) is 10.4 Å². The highest BCUT2D eigenvalue weighted by Gasteiger charge is 2.25. The summed E-state index contributed by atoms with van der Waals surface area (Å²) in [5, 5.41) is 17.1. The van der Waals surface area contributed by atoms with Gasteiger partial charge in [0.1, 0.15) is 17.7 Å². The first-order chi connectivity index (χ1) is 11.8. The van der Waals surface area contributed by atoms with E-state index in [-0.39, 0.29) is 23.3 Å². The van der Waals surface area contributed by atoms with Crippen LogP contribution in [0.1, 0.15) is 43.4 Å². The third-order valence-electron chi connectivity index (χ3n) is 4.51. The van der Waals surface area contributed by atoms with Gasteiger partial charge < -0.3 is 5.32 Å². The topological polar surface area (TPSA) is 111 Å². The normalized spacial score (nSPS) is 16.6. The number of nitrogens with zero attached hydrogens (tertiary/aromatic N) is 6. The predicted molar refractivity (Wildman–Crippen MR) is 91.5 cm³/mol. The Morgan fingerprint density at radius 3 is 2.64 bits per heavy atom. The van der Waals surface area contributed by atoms with E-state index >= 15 is 0 Å². The lowest BCUT2D eigenvalue weighted by molar-refractivity contribution is 0.437. The number of nitrogens with one attached hydrogen (secondary N) is 1. The van der Waals surface area contributed by atoms with Gasteiger partial charge in [0.05, 0.1) is 6.54 Å². The monoisotopic (exact) mass is 343 g/mol. The van der Waals surface area contributed by atoms with Gasteiger partial charge in [-0.15, -0.1) is 0 Å². The first-order valence-corrected chi connectivity index (χ1v) is 8.23. The molecule has 0 spiro atoms. The molecule has 1 aliphatic rings. The molecule has 2 aromatic rings. The molecule has 1 atom stereocenters. The second-order valence-electron chi connectivity index (χ2n) is 6.64. The van der Waals surface area contributed by atoms with Crippen molar-refractivity contribution < 1.29 is 0 Å². The fourth-order valence-corrected chi connectivity index (χ4v) is 3.00. The number of fused-ring (bicyclic) bond motifs is 1. The zero-order valence-corrected chi connectivity index (χ0v) is 14.8. The molecule has 0 radical (unpaired) electrons. The first kappa shape index (κ1) is 17.0. The maximum absolute atomic E-state index is 12.2. The fraction of sp³-hybridized carbons (Fsp3) is 0.562. The molecule has 0 aromatic carbocycles. The van der Waals surface area contributed by atoms with E-state index in [0.717, 1.165) is 29.1 Å². The van der Waals surface area contributed by atoms with E-state index in [0.29, 0.717) is 6.54 Å². The summed E-state index contributed by atoms with van der Waals surface area (Å²) in [6.07, 6.45) is 1.53. The molecule has 9 nitrogen and oxygen atoms in total. The van der Waals surface area contributed by atoms with Crippen molar-refractivity contribution in [1.82, 2.24) is 23.9 Å². The molecule has 1 N–H and O–H groups in total. The van der Waals surface area contributed by atoms with Gasteiger partial charge in [0.2, 0.25) is 0 Å². The SMILES string of the molecule is CC(C)c1nc2n(n1)C[C@H](Nc1c(C#N)c(=O)n(C)c(=O)n1C)CC2. The Labute approximate surface area is 144 Å². The highest BCUT2D eigenvalue weighted by molar-refractivity contribution is 5.51. The molecule has 3 heterocycles. The maximum atomic E-state index is 12.2. The van der Waals surface area contributed by atoms with Crippen molar-refractivity contribution in [3.05, 3.63) is 38.1 Å². The summed E-state index contributed by atoms with van der Waals surface area (Å²) in [4.78, 5) is 28.9. The van der Waals surface area contributed by atoms with Crippen molar-refractivity contribution in [3.63, 3.8) is 0 Å². The molecule has 132 valence electrons. The van der Waals surface area contributed by atoms with Crippen LogP contribution in [-0.2, 0) is 27.1 Å². The van der Waals surface area contributed by atoms with E-state index in [9.17, 15) is 14.9 Å². The number of hydrogen-bond acceptors (Lipinski definition) is 6. The van der Waals surface area contributed by atoms with Crippen LogP contribution in [0.5, 0.6) is 0 Å². The van der Waals surface area contributed by atoms with Crippen LogP contribution in [-0.4, -0.2) is 29.9 Å². The minimum atomic E-state index is -0.590. The third-order valence-corrected chi connectivity index (χ3v) is 4.51. The molecule has 3 rings (SSSR count). The lowest BCUT2D eigenvalue weighted by Crippen LogP contribution is -2.42. The summed E-state index contributed by atoms with van der Waals surface area (Å²) in [5.41, 5.74) is -1.12. The average Bonchev–Trinajstić information content (AvgIpc) is 3.02. The molecule has 2 aromatic heterocycles. The largest absolute Gasteiger partial charge is 0.365 e. The molecule has 25 heavy (non-hydrogen) atoms. The molecule has 9 heteroatoms. The Balaban J connectivity index is 1.93. The third kappa shape index (κ3) is 2.84. The Morgan fingerprint density at radius 1 is 1.28 bits per heavy atom. The summed E-state index contributed by atoms with van der Waals surface area (Å²) in [5.74, 6) is 2.27. The van der Waals surface area contributed by atoms with Gasteiger partial charge in [-0.3, -0.25) is 13.9 Å². The van der Waals surface area contributed by atoms with Crippen LogP contribution in [0.15, 0.2) is 9.59 Å². The standard InChI is InChI=1S/C16H21N7O2/c1-9(2)13-19-12-6-5-10(8-23(12)20-13)18-14-11(7-17)15(24)22(4)16(25)21(14)3/h9-10,18H,5-6,8H2,1-4H3/t10-/m1/s1. The van der Waals surface area contributed by atoms with E-state index < -0.39 is 11.2 Å². The van der Waals surface area contributed by atoms with Crippen molar-refractivity contribution in [2.45, 2.75) is 45.2 Å². The van der Waals surface area contributed by atoms with E-state index in [2.05, 4.69) is 15.4 Å². The highest BCUT2D eigenvalue weighted by Crippen LogP contribution is 2.20. The van der Waals surface area contributed by atoms with Crippen molar-refractivity contribution in [1.29, 1.82) is 5.26 Å². The first-order valence-electron chi connectivity index (χ1n) is 8.23. The number of rotatable bonds is 3. The lowest BCUT2D eigenvalue weighted by Gasteiger charge is -2.25. The molecule has 0 saturated heterocycles. The summed E-state index contributed by atoms with van der Waals surface area (Å²) < 4.78 is 4.10. The number of anilines is 1. The number of nitriles is 1. The molecule has 0 bridgehead atoms. The van der Waals surface area contributed by atoms with Gasteiger partial charge in [-0.05, 0) is 6.42 Å². The average molecular weight is 343 g/mol. The van der Waals surface area contributed by atoms with Gasteiger partial charge in [0, 0.05) is 32.5 Å². The van der Waals surface area contributed by atoms with Gasteiger partial charge in [0.25, 0.3) is 5.56 Å². The van der Waals surface area contributed by atoms with E-state index in [1.165, 1.54) is 11.6 Å². The summed E-state index contributed by atoms with van der Waals surface area (Å²) >= 11 is 0. The van der Waals surface area contributed by atoms with Gasteiger partial charge in [-0.1, -0.05) is 13.8 Å².